The lowest BCUT2D eigenvalue weighted by Crippen LogP contribution is -2.48. The van der Waals surface area contributed by atoms with Crippen LogP contribution in [0.5, 0.6) is 23.3 Å². The van der Waals surface area contributed by atoms with Gasteiger partial charge in [-0.15, -0.1) is 0 Å². The van der Waals surface area contributed by atoms with Crippen LogP contribution >= 0.6 is 0 Å². The fourth-order valence-electron chi connectivity index (χ4n) is 5.21. The van der Waals surface area contributed by atoms with Gasteiger partial charge < -0.3 is 24.6 Å². The summed E-state index contributed by atoms with van der Waals surface area (Å²) in [6.45, 7) is 4.86. The van der Waals surface area contributed by atoms with Gasteiger partial charge in [0.15, 0.2) is 23.3 Å². The van der Waals surface area contributed by atoms with Crippen molar-refractivity contribution in [1.82, 2.24) is 14.5 Å². The van der Waals surface area contributed by atoms with Crippen LogP contribution < -0.4 is 9.47 Å². The smallest absolute Gasteiger partial charge is 0.254 e. The maximum absolute atomic E-state index is 13.5. The summed E-state index contributed by atoms with van der Waals surface area (Å²) in [7, 11) is 1.59. The molecule has 3 heterocycles. The molecule has 1 fully saturated rings. The van der Waals surface area contributed by atoms with Gasteiger partial charge in [0.1, 0.15) is 13.2 Å². The lowest BCUT2D eigenvalue weighted by Gasteiger charge is -2.35. The first-order chi connectivity index (χ1) is 19.2. The van der Waals surface area contributed by atoms with Gasteiger partial charge in [0.05, 0.1) is 24.3 Å². The molecule has 2 aliphatic heterocycles. The van der Waals surface area contributed by atoms with Crippen molar-refractivity contribution < 1.29 is 29.3 Å². The van der Waals surface area contributed by atoms with Crippen LogP contribution in [-0.2, 0) is 22.7 Å². The molecule has 0 spiro atoms. The first-order valence-electron chi connectivity index (χ1n) is 13.3. The van der Waals surface area contributed by atoms with E-state index in [4.69, 9.17) is 14.6 Å². The van der Waals surface area contributed by atoms with Crippen LogP contribution in [0.15, 0.2) is 65.8 Å². The van der Waals surface area contributed by atoms with E-state index in [1.165, 1.54) is 12.1 Å². The Bertz CT molecular complexity index is 1400. The lowest BCUT2D eigenvalue weighted by molar-refractivity contribution is -0.139. The van der Waals surface area contributed by atoms with Crippen molar-refractivity contribution in [2.75, 3.05) is 20.2 Å². The summed E-state index contributed by atoms with van der Waals surface area (Å²) in [6.07, 6.45) is 1.14. The number of hydrogen-bond donors (Lipinski definition) is 2. The molecule has 0 atom stereocenters. The van der Waals surface area contributed by atoms with Crippen LogP contribution in [0.4, 0.5) is 0 Å². The third-order valence-electron chi connectivity index (χ3n) is 7.61. The normalized spacial score (nSPS) is 17.2. The molecule has 210 valence electrons. The molecule has 1 saturated heterocycles. The quantitative estimate of drug-likeness (QED) is 0.445. The molecule has 0 radical (unpaired) electrons. The summed E-state index contributed by atoms with van der Waals surface area (Å²) < 4.78 is 12.8. The zero-order chi connectivity index (χ0) is 28.4. The van der Waals surface area contributed by atoms with Crippen molar-refractivity contribution in [2.24, 2.45) is 10.5 Å². The molecule has 3 aromatic rings. The molecule has 1 aromatic heterocycles. The number of benzene rings is 2. The maximum atomic E-state index is 13.5. The first kappa shape index (κ1) is 27.1. The summed E-state index contributed by atoms with van der Waals surface area (Å²) in [5.74, 6) is 0.535. The highest BCUT2D eigenvalue weighted by Crippen LogP contribution is 2.38. The zero-order valence-electron chi connectivity index (χ0n) is 22.9. The van der Waals surface area contributed by atoms with Crippen molar-refractivity contribution in [2.45, 2.75) is 45.9 Å². The van der Waals surface area contributed by atoms with E-state index in [0.29, 0.717) is 49.7 Å². The number of rotatable bonds is 8. The van der Waals surface area contributed by atoms with Gasteiger partial charge in [-0.2, -0.15) is 5.10 Å². The fourth-order valence-corrected chi connectivity index (χ4v) is 5.21. The summed E-state index contributed by atoms with van der Waals surface area (Å²) in [5, 5.41) is 26.1. The van der Waals surface area contributed by atoms with E-state index >= 15 is 0 Å². The predicted octanol–water partition coefficient (Wildman–Crippen LogP) is 3.75. The Balaban J connectivity index is 1.29. The van der Waals surface area contributed by atoms with E-state index in [2.05, 4.69) is 0 Å². The van der Waals surface area contributed by atoms with Crippen LogP contribution in [-0.4, -0.2) is 68.5 Å². The number of ether oxygens (including phenoxy) is 2. The molecule has 0 bridgehead atoms. The third-order valence-corrected chi connectivity index (χ3v) is 7.61. The molecular formula is C30H34N4O6. The van der Waals surface area contributed by atoms with Gasteiger partial charge in [0.25, 0.3) is 5.91 Å². The number of carbonyl (C=O) groups is 2. The molecule has 2 N–H and O–H groups in total. The van der Waals surface area contributed by atoms with Crippen LogP contribution in [0.3, 0.4) is 0 Å². The minimum atomic E-state index is -0.846. The second-order valence-corrected chi connectivity index (χ2v) is 10.6. The number of likely N-dealkylation sites (tertiary alicyclic amines) is 1. The minimum absolute atomic E-state index is 0.0861. The highest BCUT2D eigenvalue weighted by molar-refractivity contribution is 6.19. The van der Waals surface area contributed by atoms with E-state index in [1.54, 1.807) is 17.0 Å². The maximum Gasteiger partial charge on any atom is 0.254 e. The number of aromatic hydroxyl groups is 2. The average Bonchev–Trinajstić information content (AvgIpc) is 3.41. The Morgan fingerprint density at radius 2 is 1.68 bits per heavy atom. The molecule has 0 saturated carbocycles. The molecule has 10 nitrogen and oxygen atoms in total. The van der Waals surface area contributed by atoms with E-state index in [1.807, 2.05) is 62.4 Å². The van der Waals surface area contributed by atoms with Gasteiger partial charge in [-0.1, -0.05) is 30.3 Å². The van der Waals surface area contributed by atoms with E-state index < -0.39 is 5.41 Å². The van der Waals surface area contributed by atoms with E-state index in [0.717, 1.165) is 15.7 Å². The molecule has 2 aromatic carbocycles. The van der Waals surface area contributed by atoms with Crippen LogP contribution in [0, 0.1) is 5.41 Å². The van der Waals surface area contributed by atoms with Gasteiger partial charge in [-0.05, 0) is 50.5 Å². The standard InChI is InChI=1S/C30H34N4O6/c1-30(2)28(21-9-10-23(39-3)24(17-21)40-19-20-7-5-4-6-8-20)31-34(29(30)38)22-13-15-32(16-14-22)27(37)18-33-25(35)11-12-26(33)36/h4-12,17,22,35-36H,13-16,18-19H2,1-3H3. The Morgan fingerprint density at radius 1 is 1.00 bits per heavy atom. The number of amides is 2. The number of methoxy groups -OCH3 is 1. The van der Waals surface area contributed by atoms with Gasteiger partial charge in [-0.3, -0.25) is 14.2 Å². The number of carbonyl (C=O) groups excluding carboxylic acids is 2. The van der Waals surface area contributed by atoms with Crippen molar-refractivity contribution in [1.29, 1.82) is 0 Å². The van der Waals surface area contributed by atoms with Crippen molar-refractivity contribution in [3.63, 3.8) is 0 Å². The average molecular weight is 547 g/mol. The monoisotopic (exact) mass is 546 g/mol. The second kappa shape index (κ2) is 11.0. The highest BCUT2D eigenvalue weighted by atomic mass is 16.5. The van der Waals surface area contributed by atoms with Crippen molar-refractivity contribution >= 4 is 17.5 Å². The Labute approximate surface area is 233 Å². The topological polar surface area (TPSA) is 117 Å². The molecule has 2 aliphatic rings. The molecule has 0 unspecified atom stereocenters. The van der Waals surface area contributed by atoms with Crippen LogP contribution in [0.1, 0.15) is 37.8 Å². The summed E-state index contributed by atoms with van der Waals surface area (Å²) in [6, 6.07) is 18.0. The second-order valence-electron chi connectivity index (χ2n) is 10.6. The molecular weight excluding hydrogens is 512 g/mol. The van der Waals surface area contributed by atoms with Gasteiger partial charge >= 0.3 is 0 Å². The predicted molar refractivity (Wildman–Crippen MR) is 148 cm³/mol. The zero-order valence-corrected chi connectivity index (χ0v) is 22.9. The number of hydrazone groups is 1. The number of nitrogens with zero attached hydrogens (tertiary/aromatic N) is 4. The molecule has 2 amide bonds. The Hall–Kier alpha value is -4.47. The highest BCUT2D eigenvalue weighted by Gasteiger charge is 2.47. The van der Waals surface area contributed by atoms with E-state index in [-0.39, 0.29) is 36.2 Å². The first-order valence-corrected chi connectivity index (χ1v) is 13.3. The third kappa shape index (κ3) is 5.21. The van der Waals surface area contributed by atoms with Crippen molar-refractivity contribution in [3.05, 3.63) is 71.8 Å². The lowest BCUT2D eigenvalue weighted by atomic mass is 9.83. The Kier molecular flexibility index (Phi) is 7.42. The number of aromatic nitrogens is 1. The van der Waals surface area contributed by atoms with Gasteiger partial charge in [0, 0.05) is 30.8 Å². The fraction of sp³-hybridized carbons (Fsp3) is 0.367. The Morgan fingerprint density at radius 3 is 2.33 bits per heavy atom. The SMILES string of the molecule is COc1ccc(C2=NN(C3CCN(C(=O)Cn4c(O)ccc4O)CC3)C(=O)C2(C)C)cc1OCc1ccccc1. The van der Waals surface area contributed by atoms with Crippen LogP contribution in [0.2, 0.25) is 0 Å². The van der Waals surface area contributed by atoms with Gasteiger partial charge in [-0.25, -0.2) is 5.01 Å². The minimum Gasteiger partial charge on any atom is -0.494 e. The summed E-state index contributed by atoms with van der Waals surface area (Å²) in [4.78, 5) is 28.0. The number of hydrogen-bond acceptors (Lipinski definition) is 7. The molecule has 10 heteroatoms. The molecule has 0 aliphatic carbocycles. The van der Waals surface area contributed by atoms with E-state index in [9.17, 15) is 19.8 Å². The molecule has 40 heavy (non-hydrogen) atoms. The van der Waals surface area contributed by atoms with Crippen molar-refractivity contribution in [3.8, 4) is 23.3 Å². The number of piperidine rings is 1. The van der Waals surface area contributed by atoms with Gasteiger partial charge in [0.2, 0.25) is 5.91 Å². The summed E-state index contributed by atoms with van der Waals surface area (Å²) in [5.41, 5.74) is 1.62. The van der Waals surface area contributed by atoms with Crippen LogP contribution in [0.25, 0.3) is 0 Å². The summed E-state index contributed by atoms with van der Waals surface area (Å²) >= 11 is 0. The largest absolute Gasteiger partial charge is 0.494 e. The molecule has 5 rings (SSSR count).